The highest BCUT2D eigenvalue weighted by molar-refractivity contribution is 5.60. The minimum Gasteiger partial charge on any atom is -0.362 e. The van der Waals surface area contributed by atoms with Crippen LogP contribution in [0.2, 0.25) is 0 Å². The molecule has 1 rings (SSSR count). The van der Waals surface area contributed by atoms with Gasteiger partial charge in [-0.15, -0.1) is 0 Å². The van der Waals surface area contributed by atoms with Gasteiger partial charge in [0.05, 0.1) is 6.67 Å². The molecule has 0 radical (unpaired) electrons. The lowest BCUT2D eigenvalue weighted by atomic mass is 9.84. The van der Waals surface area contributed by atoms with E-state index in [4.69, 9.17) is 5.73 Å². The quantitative estimate of drug-likeness (QED) is 0.776. The number of aryl methyl sites for hydroxylation is 2. The Hall–Kier alpha value is -1.02. The van der Waals surface area contributed by atoms with Crippen LogP contribution < -0.4 is 10.6 Å². The van der Waals surface area contributed by atoms with E-state index in [0.717, 1.165) is 0 Å². The van der Waals surface area contributed by atoms with Crippen LogP contribution in [0.5, 0.6) is 0 Å². The fourth-order valence-electron chi connectivity index (χ4n) is 2.08. The SMILES string of the molecule is Cc1cc(C(C)(C)C)cc(C)c1N(C)CN. The molecule has 0 aliphatic rings. The lowest BCUT2D eigenvalue weighted by Gasteiger charge is -2.26. The van der Waals surface area contributed by atoms with Crippen molar-refractivity contribution in [1.29, 1.82) is 0 Å². The van der Waals surface area contributed by atoms with Crippen LogP contribution in [0.15, 0.2) is 12.1 Å². The van der Waals surface area contributed by atoms with E-state index in [-0.39, 0.29) is 5.41 Å². The van der Waals surface area contributed by atoms with Crippen LogP contribution in [0.1, 0.15) is 37.5 Å². The molecule has 0 atom stereocenters. The molecule has 0 fully saturated rings. The van der Waals surface area contributed by atoms with Gasteiger partial charge in [-0.25, -0.2) is 0 Å². The minimum absolute atomic E-state index is 0.204. The van der Waals surface area contributed by atoms with Gasteiger partial charge in [-0.05, 0) is 36.0 Å². The van der Waals surface area contributed by atoms with Crippen molar-refractivity contribution in [3.8, 4) is 0 Å². The van der Waals surface area contributed by atoms with Crippen LogP contribution in [0.25, 0.3) is 0 Å². The molecule has 0 aliphatic heterocycles. The Balaban J connectivity index is 3.28. The summed E-state index contributed by atoms with van der Waals surface area (Å²) in [5.41, 5.74) is 11.1. The Kier molecular flexibility index (Phi) is 3.64. The van der Waals surface area contributed by atoms with Gasteiger partial charge in [0.1, 0.15) is 0 Å². The molecule has 90 valence electrons. The van der Waals surface area contributed by atoms with Gasteiger partial charge in [-0.1, -0.05) is 32.9 Å². The molecule has 0 aromatic heterocycles. The number of anilines is 1. The van der Waals surface area contributed by atoms with E-state index in [0.29, 0.717) is 6.67 Å². The average molecular weight is 220 g/mol. The molecule has 1 aromatic rings. The van der Waals surface area contributed by atoms with Gasteiger partial charge in [0, 0.05) is 12.7 Å². The maximum Gasteiger partial charge on any atom is 0.0653 e. The van der Waals surface area contributed by atoms with E-state index in [1.54, 1.807) is 0 Å². The van der Waals surface area contributed by atoms with Gasteiger partial charge in [0.15, 0.2) is 0 Å². The first-order valence-electron chi connectivity index (χ1n) is 5.80. The predicted molar refractivity (Wildman–Crippen MR) is 72.1 cm³/mol. The van der Waals surface area contributed by atoms with Crippen LogP contribution in [-0.4, -0.2) is 13.7 Å². The summed E-state index contributed by atoms with van der Waals surface area (Å²) >= 11 is 0. The number of hydrogen-bond acceptors (Lipinski definition) is 2. The van der Waals surface area contributed by atoms with Gasteiger partial charge in [0.25, 0.3) is 0 Å². The summed E-state index contributed by atoms with van der Waals surface area (Å²) in [6, 6.07) is 4.54. The van der Waals surface area contributed by atoms with E-state index < -0.39 is 0 Å². The normalized spacial score (nSPS) is 11.7. The van der Waals surface area contributed by atoms with E-state index in [1.807, 2.05) is 7.05 Å². The number of rotatable bonds is 2. The fraction of sp³-hybridized carbons (Fsp3) is 0.571. The second-order valence-electron chi connectivity index (χ2n) is 5.59. The topological polar surface area (TPSA) is 29.3 Å². The number of nitrogens with zero attached hydrogens (tertiary/aromatic N) is 1. The molecule has 2 N–H and O–H groups in total. The van der Waals surface area contributed by atoms with Crippen LogP contribution >= 0.6 is 0 Å². The smallest absolute Gasteiger partial charge is 0.0653 e. The Bertz CT molecular complexity index is 352. The first kappa shape index (κ1) is 13.0. The van der Waals surface area contributed by atoms with Crippen LogP contribution in [0, 0.1) is 13.8 Å². The Morgan fingerprint density at radius 1 is 1.12 bits per heavy atom. The van der Waals surface area contributed by atoms with Crippen molar-refractivity contribution in [2.75, 3.05) is 18.6 Å². The van der Waals surface area contributed by atoms with Crippen LogP contribution in [0.3, 0.4) is 0 Å². The van der Waals surface area contributed by atoms with Crippen LogP contribution in [-0.2, 0) is 5.41 Å². The lowest BCUT2D eigenvalue weighted by Crippen LogP contribution is -2.27. The van der Waals surface area contributed by atoms with Gasteiger partial charge >= 0.3 is 0 Å². The van der Waals surface area contributed by atoms with Crippen molar-refractivity contribution >= 4 is 5.69 Å². The van der Waals surface area contributed by atoms with Gasteiger partial charge in [-0.2, -0.15) is 0 Å². The number of hydrogen-bond donors (Lipinski definition) is 1. The monoisotopic (exact) mass is 220 g/mol. The summed E-state index contributed by atoms with van der Waals surface area (Å²) in [6.07, 6.45) is 0. The largest absolute Gasteiger partial charge is 0.362 e. The van der Waals surface area contributed by atoms with E-state index >= 15 is 0 Å². The molecule has 2 nitrogen and oxygen atoms in total. The molecular weight excluding hydrogens is 196 g/mol. The maximum atomic E-state index is 5.69. The summed E-state index contributed by atoms with van der Waals surface area (Å²) in [5.74, 6) is 0. The molecular formula is C14H24N2. The summed E-state index contributed by atoms with van der Waals surface area (Å²) in [5, 5.41) is 0. The molecule has 0 spiro atoms. The van der Waals surface area contributed by atoms with Crippen molar-refractivity contribution in [3.63, 3.8) is 0 Å². The molecule has 0 aliphatic carbocycles. The molecule has 0 heterocycles. The van der Waals surface area contributed by atoms with Crippen molar-refractivity contribution in [3.05, 3.63) is 28.8 Å². The highest BCUT2D eigenvalue weighted by Gasteiger charge is 2.17. The highest BCUT2D eigenvalue weighted by atomic mass is 15.2. The Morgan fingerprint density at radius 2 is 1.56 bits per heavy atom. The first-order chi connectivity index (χ1) is 7.27. The molecule has 0 amide bonds. The highest BCUT2D eigenvalue weighted by Crippen LogP contribution is 2.30. The second-order valence-corrected chi connectivity index (χ2v) is 5.59. The van der Waals surface area contributed by atoms with Gasteiger partial charge < -0.3 is 10.6 Å². The molecule has 0 unspecified atom stereocenters. The molecule has 16 heavy (non-hydrogen) atoms. The maximum absolute atomic E-state index is 5.69. The zero-order valence-electron chi connectivity index (χ0n) is 11.4. The number of nitrogens with two attached hydrogens (primary N) is 1. The van der Waals surface area contributed by atoms with Crippen molar-refractivity contribution in [2.24, 2.45) is 5.73 Å². The number of benzene rings is 1. The zero-order chi connectivity index (χ0) is 12.5. The molecule has 0 saturated heterocycles. The van der Waals surface area contributed by atoms with Gasteiger partial charge in [-0.3, -0.25) is 0 Å². The third kappa shape index (κ3) is 2.56. The fourth-order valence-corrected chi connectivity index (χ4v) is 2.08. The van der Waals surface area contributed by atoms with E-state index in [2.05, 4.69) is 51.7 Å². The third-order valence-corrected chi connectivity index (χ3v) is 3.01. The van der Waals surface area contributed by atoms with Crippen molar-refractivity contribution < 1.29 is 0 Å². The standard InChI is InChI=1S/C14H24N2/c1-10-7-12(14(3,4)5)8-11(2)13(10)16(6)9-15/h7-8H,9,15H2,1-6H3. The molecule has 0 bridgehead atoms. The summed E-state index contributed by atoms with van der Waals surface area (Å²) in [6.45, 7) is 11.6. The van der Waals surface area contributed by atoms with Crippen molar-refractivity contribution in [2.45, 2.75) is 40.0 Å². The predicted octanol–water partition coefficient (Wildman–Crippen LogP) is 2.95. The van der Waals surface area contributed by atoms with E-state index in [9.17, 15) is 0 Å². The van der Waals surface area contributed by atoms with Crippen molar-refractivity contribution in [1.82, 2.24) is 0 Å². The summed E-state index contributed by atoms with van der Waals surface area (Å²) in [7, 11) is 2.03. The Morgan fingerprint density at radius 3 is 1.88 bits per heavy atom. The van der Waals surface area contributed by atoms with Crippen LogP contribution in [0.4, 0.5) is 5.69 Å². The zero-order valence-corrected chi connectivity index (χ0v) is 11.4. The van der Waals surface area contributed by atoms with E-state index in [1.165, 1.54) is 22.4 Å². The second kappa shape index (κ2) is 4.46. The molecule has 2 heteroatoms. The third-order valence-electron chi connectivity index (χ3n) is 3.01. The summed E-state index contributed by atoms with van der Waals surface area (Å²) in [4.78, 5) is 2.09. The van der Waals surface area contributed by atoms with Gasteiger partial charge in [0.2, 0.25) is 0 Å². The average Bonchev–Trinajstić information content (AvgIpc) is 2.14. The molecule has 0 saturated carbocycles. The Labute approximate surface area is 99.5 Å². The lowest BCUT2D eigenvalue weighted by molar-refractivity contribution is 0.589. The minimum atomic E-state index is 0.204. The first-order valence-corrected chi connectivity index (χ1v) is 5.80. The molecule has 1 aromatic carbocycles. The summed E-state index contributed by atoms with van der Waals surface area (Å²) < 4.78 is 0.